The molecule has 2 saturated heterocycles. The minimum absolute atomic E-state index is 0.0957. The molecule has 0 radical (unpaired) electrons. The van der Waals surface area contributed by atoms with Gasteiger partial charge in [0, 0.05) is 5.33 Å². The molecule has 96 valence electrons. The summed E-state index contributed by atoms with van der Waals surface area (Å²) in [7, 11) is 1.34. The molecule has 4 nitrogen and oxygen atoms in total. The first-order valence-corrected chi connectivity index (χ1v) is 8.40. The maximum Gasteiger partial charge on any atom is 0.330 e. The van der Waals surface area contributed by atoms with Crippen LogP contribution < -0.4 is 0 Å². The molecule has 2 fully saturated rings. The number of hydrogen-bond acceptors (Lipinski definition) is 4. The average Bonchev–Trinajstić information content (AvgIpc) is 2.61. The first kappa shape index (κ1) is 14.1. The molecule has 0 aromatic rings. The number of thioether (sulfide) groups is 1. The number of esters is 1. The summed E-state index contributed by atoms with van der Waals surface area (Å²) in [4.78, 5) is 25.4. The summed E-state index contributed by atoms with van der Waals surface area (Å²) in [5.74, 6) is -0.499. The van der Waals surface area contributed by atoms with E-state index in [2.05, 4.69) is 47.8 Å². The summed E-state index contributed by atoms with van der Waals surface area (Å²) in [5, 5.41) is 0.516. The number of halogens is 3. The fraction of sp³-hybridized carbons (Fsp3) is 0.778. The number of β-lactam (4-membered cyclic amide) rings is 1. The highest BCUT2D eigenvalue weighted by atomic mass is 79.9. The molecule has 0 saturated carbocycles. The van der Waals surface area contributed by atoms with Gasteiger partial charge in [0.15, 0.2) is 3.23 Å². The van der Waals surface area contributed by atoms with E-state index >= 15 is 0 Å². The van der Waals surface area contributed by atoms with E-state index in [-0.39, 0.29) is 22.0 Å². The van der Waals surface area contributed by atoms with E-state index in [0.717, 1.165) is 0 Å². The van der Waals surface area contributed by atoms with Gasteiger partial charge in [0.2, 0.25) is 0 Å². The molecule has 0 unspecified atom stereocenters. The van der Waals surface area contributed by atoms with Gasteiger partial charge in [-0.2, -0.15) is 0 Å². The van der Waals surface area contributed by atoms with Crippen LogP contribution in [0.15, 0.2) is 0 Å². The molecule has 2 aliphatic heterocycles. The SMILES string of the molecule is COC(=O)[C@@H]1N2C(=O)C(Br)(Br)[C@H]2S[C@@]1(C)CBr. The minimum atomic E-state index is -0.753. The summed E-state index contributed by atoms with van der Waals surface area (Å²) in [6, 6.07) is -0.544. The Morgan fingerprint density at radius 3 is 2.65 bits per heavy atom. The van der Waals surface area contributed by atoms with Crippen LogP contribution in [-0.4, -0.2) is 48.6 Å². The fourth-order valence-corrected chi connectivity index (χ4v) is 5.68. The van der Waals surface area contributed by atoms with E-state index in [1.165, 1.54) is 7.11 Å². The quantitative estimate of drug-likeness (QED) is 0.366. The number of carbonyl (C=O) groups excluding carboxylic acids is 2. The van der Waals surface area contributed by atoms with Crippen LogP contribution in [0.2, 0.25) is 0 Å². The van der Waals surface area contributed by atoms with Crippen LogP contribution in [0.5, 0.6) is 0 Å². The zero-order chi connectivity index (χ0) is 13.0. The third kappa shape index (κ3) is 1.81. The van der Waals surface area contributed by atoms with Gasteiger partial charge in [-0.05, 0) is 6.92 Å². The molecule has 0 aromatic carbocycles. The molecule has 17 heavy (non-hydrogen) atoms. The van der Waals surface area contributed by atoms with Crippen molar-refractivity contribution in [2.75, 3.05) is 12.4 Å². The standard InChI is InChI=1S/C9H10Br3NO3S/c1-8(3-10)4(5(14)16-2)13-6(15)9(11,12)7(13)17-8/h4,7H,3H2,1-2H3/t4-,7+,8-/m0/s1. The Kier molecular flexibility index (Phi) is 3.65. The third-order valence-electron chi connectivity index (χ3n) is 3.01. The van der Waals surface area contributed by atoms with Crippen LogP contribution in [0.4, 0.5) is 0 Å². The lowest BCUT2D eigenvalue weighted by Gasteiger charge is -2.46. The van der Waals surface area contributed by atoms with Gasteiger partial charge in [-0.1, -0.05) is 47.8 Å². The number of methoxy groups -OCH3 is 1. The Hall–Kier alpha value is 0.730. The first-order valence-electron chi connectivity index (χ1n) is 4.82. The van der Waals surface area contributed by atoms with Crippen molar-refractivity contribution in [3.05, 3.63) is 0 Å². The van der Waals surface area contributed by atoms with E-state index < -0.39 is 9.28 Å². The summed E-state index contributed by atoms with van der Waals surface area (Å²) in [6.45, 7) is 1.95. The second-order valence-electron chi connectivity index (χ2n) is 4.18. The van der Waals surface area contributed by atoms with E-state index in [4.69, 9.17) is 4.74 Å². The van der Waals surface area contributed by atoms with E-state index in [0.29, 0.717) is 5.33 Å². The number of hydrogen-bond donors (Lipinski definition) is 0. The van der Waals surface area contributed by atoms with Crippen LogP contribution in [-0.2, 0) is 14.3 Å². The summed E-state index contributed by atoms with van der Waals surface area (Å²) in [5.41, 5.74) is 0. The molecular weight excluding hydrogens is 442 g/mol. The predicted molar refractivity (Wildman–Crippen MR) is 76.8 cm³/mol. The van der Waals surface area contributed by atoms with E-state index in [9.17, 15) is 9.59 Å². The number of carbonyl (C=O) groups is 2. The van der Waals surface area contributed by atoms with Crippen molar-refractivity contribution in [3.8, 4) is 0 Å². The molecule has 0 N–H and O–H groups in total. The van der Waals surface area contributed by atoms with Gasteiger partial charge in [0.1, 0.15) is 11.4 Å². The molecule has 2 heterocycles. The Balaban J connectivity index is 2.36. The van der Waals surface area contributed by atoms with Crippen LogP contribution in [0.1, 0.15) is 6.92 Å². The van der Waals surface area contributed by atoms with Crippen molar-refractivity contribution in [1.82, 2.24) is 4.90 Å². The molecule has 0 bridgehead atoms. The Bertz CT molecular complexity index is 392. The largest absolute Gasteiger partial charge is 0.467 e. The van der Waals surface area contributed by atoms with Crippen LogP contribution >= 0.6 is 59.6 Å². The lowest BCUT2D eigenvalue weighted by molar-refractivity contribution is -0.159. The minimum Gasteiger partial charge on any atom is -0.467 e. The number of fused-ring (bicyclic) bond motifs is 1. The van der Waals surface area contributed by atoms with Gasteiger partial charge in [-0.15, -0.1) is 11.8 Å². The molecule has 0 spiro atoms. The molecule has 1 amide bonds. The zero-order valence-electron chi connectivity index (χ0n) is 9.08. The molecule has 2 aliphatic rings. The highest BCUT2D eigenvalue weighted by Crippen LogP contribution is 2.60. The lowest BCUT2D eigenvalue weighted by atomic mass is 9.98. The monoisotopic (exact) mass is 449 g/mol. The van der Waals surface area contributed by atoms with E-state index in [1.807, 2.05) is 6.92 Å². The highest BCUT2D eigenvalue weighted by Gasteiger charge is 2.70. The molecule has 0 aromatic heterocycles. The van der Waals surface area contributed by atoms with Gasteiger partial charge in [0.05, 0.1) is 11.9 Å². The smallest absolute Gasteiger partial charge is 0.330 e. The average molecular weight is 452 g/mol. The maximum absolute atomic E-state index is 12.0. The van der Waals surface area contributed by atoms with Crippen molar-refractivity contribution in [2.45, 2.75) is 26.3 Å². The summed E-state index contributed by atoms with van der Waals surface area (Å²) >= 11 is 11.7. The Labute approximate surface area is 129 Å². The van der Waals surface area contributed by atoms with Gasteiger partial charge in [0.25, 0.3) is 5.91 Å². The van der Waals surface area contributed by atoms with Crippen molar-refractivity contribution >= 4 is 71.4 Å². The fourth-order valence-electron chi connectivity index (χ4n) is 2.07. The van der Waals surface area contributed by atoms with Crippen molar-refractivity contribution in [2.24, 2.45) is 0 Å². The van der Waals surface area contributed by atoms with Gasteiger partial charge >= 0.3 is 5.97 Å². The molecular formula is C9H10Br3NO3S. The van der Waals surface area contributed by atoms with Gasteiger partial charge in [-0.25, -0.2) is 4.79 Å². The summed E-state index contributed by atoms with van der Waals surface area (Å²) in [6.07, 6.45) is 0. The second-order valence-corrected chi connectivity index (χ2v) is 9.92. The second kappa shape index (κ2) is 4.38. The van der Waals surface area contributed by atoms with Gasteiger partial charge < -0.3 is 9.64 Å². The molecule has 0 aliphatic carbocycles. The number of ether oxygens (including phenoxy) is 1. The van der Waals surface area contributed by atoms with Crippen molar-refractivity contribution in [3.63, 3.8) is 0 Å². The Morgan fingerprint density at radius 1 is 1.59 bits per heavy atom. The Morgan fingerprint density at radius 2 is 2.18 bits per heavy atom. The number of amides is 1. The molecule has 8 heteroatoms. The third-order valence-corrected chi connectivity index (χ3v) is 8.41. The van der Waals surface area contributed by atoms with E-state index in [1.54, 1.807) is 16.7 Å². The van der Waals surface area contributed by atoms with Gasteiger partial charge in [-0.3, -0.25) is 4.79 Å². The maximum atomic E-state index is 12.0. The lowest BCUT2D eigenvalue weighted by Crippen LogP contribution is -2.68. The topological polar surface area (TPSA) is 46.6 Å². The molecule has 2 rings (SSSR count). The van der Waals surface area contributed by atoms with Crippen LogP contribution in [0.3, 0.4) is 0 Å². The molecule has 3 atom stereocenters. The van der Waals surface area contributed by atoms with Crippen LogP contribution in [0.25, 0.3) is 0 Å². The highest BCUT2D eigenvalue weighted by molar-refractivity contribution is 9.26. The normalized spacial score (nSPS) is 38.6. The van der Waals surface area contributed by atoms with Crippen LogP contribution in [0, 0.1) is 0 Å². The summed E-state index contributed by atoms with van der Waals surface area (Å²) < 4.78 is 3.67. The predicted octanol–water partition coefficient (Wildman–Crippen LogP) is 2.08. The number of alkyl halides is 3. The van der Waals surface area contributed by atoms with Crippen molar-refractivity contribution < 1.29 is 14.3 Å². The van der Waals surface area contributed by atoms with Crippen molar-refractivity contribution in [1.29, 1.82) is 0 Å². The first-order chi connectivity index (χ1) is 7.79. The number of nitrogens with zero attached hydrogens (tertiary/aromatic N) is 1. The number of rotatable bonds is 2. The zero-order valence-corrected chi connectivity index (χ0v) is 14.7.